The van der Waals surface area contributed by atoms with E-state index in [0.717, 1.165) is 38.5 Å². The van der Waals surface area contributed by atoms with Crippen LogP contribution >= 0.6 is 0 Å². The van der Waals surface area contributed by atoms with Crippen LogP contribution in [0.25, 0.3) is 0 Å². The fourth-order valence-corrected chi connectivity index (χ4v) is 3.61. The molecule has 2 saturated heterocycles. The van der Waals surface area contributed by atoms with Gasteiger partial charge in [0.05, 0.1) is 13.2 Å². The maximum Gasteiger partial charge on any atom is 0.410 e. The molecule has 0 saturated carbocycles. The van der Waals surface area contributed by atoms with Crippen molar-refractivity contribution in [3.8, 4) is 0 Å². The fraction of sp³-hybridized carbons (Fsp3) is 0.842. The molecule has 0 radical (unpaired) electrons. The first kappa shape index (κ1) is 20.5. The molecule has 2 rings (SSSR count). The molecular formula is C19H32N2O5. The Hall–Kier alpha value is -1.79. The van der Waals surface area contributed by atoms with Crippen LogP contribution in [0, 0.1) is 0 Å². The molecule has 2 amide bonds. The molecule has 7 heteroatoms. The molecule has 2 aliphatic heterocycles. The third-order valence-corrected chi connectivity index (χ3v) is 4.96. The molecule has 0 aromatic heterocycles. The molecule has 0 spiro atoms. The molecule has 0 aliphatic carbocycles. The number of piperidine rings is 2. The van der Waals surface area contributed by atoms with Crippen molar-refractivity contribution >= 4 is 18.0 Å². The van der Waals surface area contributed by atoms with Crippen molar-refractivity contribution in [1.82, 2.24) is 9.80 Å². The molecule has 0 N–H and O–H groups in total. The molecule has 0 bridgehead atoms. The summed E-state index contributed by atoms with van der Waals surface area (Å²) in [5.74, 6) is -0.466. The first-order chi connectivity index (χ1) is 12.6. The highest BCUT2D eigenvalue weighted by Gasteiger charge is 2.40. The maximum absolute atomic E-state index is 13.2. The largest absolute Gasteiger partial charge is 0.464 e. The van der Waals surface area contributed by atoms with Gasteiger partial charge in [0, 0.05) is 13.1 Å². The van der Waals surface area contributed by atoms with Gasteiger partial charge in [-0.1, -0.05) is 13.8 Å². The highest BCUT2D eigenvalue weighted by Crippen LogP contribution is 2.25. The number of hydrogen-bond acceptors (Lipinski definition) is 5. The van der Waals surface area contributed by atoms with Crippen LogP contribution in [0.3, 0.4) is 0 Å². The molecule has 0 aromatic carbocycles. The topological polar surface area (TPSA) is 76.2 Å². The summed E-state index contributed by atoms with van der Waals surface area (Å²) in [4.78, 5) is 41.1. The van der Waals surface area contributed by atoms with Crippen LogP contribution in [0.2, 0.25) is 0 Å². The van der Waals surface area contributed by atoms with Gasteiger partial charge in [0.2, 0.25) is 5.91 Å². The average molecular weight is 368 g/mol. The summed E-state index contributed by atoms with van der Waals surface area (Å²) >= 11 is 0. The van der Waals surface area contributed by atoms with Crippen molar-refractivity contribution < 1.29 is 23.9 Å². The summed E-state index contributed by atoms with van der Waals surface area (Å²) in [5, 5.41) is 0. The van der Waals surface area contributed by atoms with Crippen LogP contribution in [0.4, 0.5) is 4.79 Å². The lowest BCUT2D eigenvalue weighted by Gasteiger charge is -2.40. The lowest BCUT2D eigenvalue weighted by molar-refractivity contribution is -0.159. The zero-order chi connectivity index (χ0) is 18.9. The predicted molar refractivity (Wildman–Crippen MR) is 96.6 cm³/mol. The van der Waals surface area contributed by atoms with E-state index in [4.69, 9.17) is 9.47 Å². The number of esters is 1. The Bertz CT molecular complexity index is 454. The van der Waals surface area contributed by atoms with Gasteiger partial charge in [-0.25, -0.2) is 9.59 Å². The standard InChI is InChI=1S/C19H32N2O5/c1-3-13-25-18(23)16-10-6-7-11-20(16)17(22)15-9-5-8-12-21(15)19(24)26-14-4-2/h15-16H,3-14H2,1-2H3. The third-order valence-electron chi connectivity index (χ3n) is 4.96. The number of ether oxygens (including phenoxy) is 2. The number of carbonyl (C=O) groups excluding carboxylic acids is 3. The Morgan fingerprint density at radius 3 is 2.04 bits per heavy atom. The molecule has 26 heavy (non-hydrogen) atoms. The Morgan fingerprint density at radius 1 is 0.808 bits per heavy atom. The SMILES string of the molecule is CCCOC(=O)C1CCCCN1C(=O)C1CCCCN1C(=O)OCCC. The smallest absolute Gasteiger partial charge is 0.410 e. The highest BCUT2D eigenvalue weighted by molar-refractivity contribution is 5.90. The van der Waals surface area contributed by atoms with Gasteiger partial charge < -0.3 is 14.4 Å². The van der Waals surface area contributed by atoms with Gasteiger partial charge in [-0.15, -0.1) is 0 Å². The van der Waals surface area contributed by atoms with Gasteiger partial charge in [0.15, 0.2) is 0 Å². The highest BCUT2D eigenvalue weighted by atomic mass is 16.6. The number of hydrogen-bond donors (Lipinski definition) is 0. The molecule has 2 unspecified atom stereocenters. The Morgan fingerprint density at radius 2 is 1.38 bits per heavy atom. The van der Waals surface area contributed by atoms with Gasteiger partial charge in [-0.05, 0) is 51.4 Å². The van der Waals surface area contributed by atoms with E-state index in [-0.39, 0.29) is 11.9 Å². The van der Waals surface area contributed by atoms with Crippen LogP contribution in [-0.4, -0.2) is 66.2 Å². The minimum atomic E-state index is -0.535. The molecule has 148 valence electrons. The second kappa shape index (κ2) is 10.4. The first-order valence-electron chi connectivity index (χ1n) is 10.0. The molecule has 7 nitrogen and oxygen atoms in total. The number of likely N-dealkylation sites (tertiary alicyclic amines) is 2. The predicted octanol–water partition coefficient (Wildman–Crippen LogP) is 2.72. The van der Waals surface area contributed by atoms with Gasteiger partial charge >= 0.3 is 12.1 Å². The number of rotatable bonds is 6. The van der Waals surface area contributed by atoms with E-state index in [2.05, 4.69) is 0 Å². The van der Waals surface area contributed by atoms with Crippen LogP contribution in [0.1, 0.15) is 65.2 Å². The van der Waals surface area contributed by atoms with Crippen LogP contribution in [0.5, 0.6) is 0 Å². The van der Waals surface area contributed by atoms with Crippen molar-refractivity contribution in [2.45, 2.75) is 77.3 Å². The van der Waals surface area contributed by atoms with Crippen molar-refractivity contribution in [1.29, 1.82) is 0 Å². The van der Waals surface area contributed by atoms with E-state index in [9.17, 15) is 14.4 Å². The minimum absolute atomic E-state index is 0.142. The zero-order valence-corrected chi connectivity index (χ0v) is 16.1. The van der Waals surface area contributed by atoms with Crippen LogP contribution < -0.4 is 0 Å². The van der Waals surface area contributed by atoms with E-state index >= 15 is 0 Å². The molecule has 2 heterocycles. The molecule has 2 atom stereocenters. The van der Waals surface area contributed by atoms with Gasteiger partial charge in [-0.2, -0.15) is 0 Å². The normalized spacial score (nSPS) is 23.5. The first-order valence-corrected chi connectivity index (χ1v) is 10.0. The summed E-state index contributed by atoms with van der Waals surface area (Å²) in [6, 6.07) is -1.06. The fourth-order valence-electron chi connectivity index (χ4n) is 3.61. The Labute approximate surface area is 156 Å². The monoisotopic (exact) mass is 368 g/mol. The van der Waals surface area contributed by atoms with Crippen molar-refractivity contribution in [2.75, 3.05) is 26.3 Å². The summed E-state index contributed by atoms with van der Waals surface area (Å²) in [6.07, 6.45) is 5.86. The Kier molecular flexibility index (Phi) is 8.19. The van der Waals surface area contributed by atoms with Crippen molar-refractivity contribution in [3.63, 3.8) is 0 Å². The second-order valence-electron chi connectivity index (χ2n) is 7.03. The third kappa shape index (κ3) is 5.11. The maximum atomic E-state index is 13.2. The van der Waals surface area contributed by atoms with E-state index in [1.165, 1.54) is 0 Å². The summed E-state index contributed by atoms with van der Waals surface area (Å²) in [7, 11) is 0. The van der Waals surface area contributed by atoms with Crippen LogP contribution in [-0.2, 0) is 19.1 Å². The lowest BCUT2D eigenvalue weighted by atomic mass is 9.97. The minimum Gasteiger partial charge on any atom is -0.464 e. The quantitative estimate of drug-likeness (QED) is 0.674. The zero-order valence-electron chi connectivity index (χ0n) is 16.1. The molecule has 0 aromatic rings. The molecule has 2 fully saturated rings. The van der Waals surface area contributed by atoms with E-state index in [0.29, 0.717) is 39.1 Å². The Balaban J connectivity index is 2.09. The van der Waals surface area contributed by atoms with E-state index in [1.807, 2.05) is 13.8 Å². The summed E-state index contributed by atoms with van der Waals surface area (Å²) in [5.41, 5.74) is 0. The molecule has 2 aliphatic rings. The average Bonchev–Trinajstić information content (AvgIpc) is 2.69. The number of nitrogens with zero attached hydrogens (tertiary/aromatic N) is 2. The van der Waals surface area contributed by atoms with Crippen molar-refractivity contribution in [3.05, 3.63) is 0 Å². The van der Waals surface area contributed by atoms with E-state index < -0.39 is 18.2 Å². The summed E-state index contributed by atoms with van der Waals surface area (Å²) < 4.78 is 10.5. The second-order valence-corrected chi connectivity index (χ2v) is 7.03. The molecular weight excluding hydrogens is 336 g/mol. The van der Waals surface area contributed by atoms with Crippen LogP contribution in [0.15, 0.2) is 0 Å². The number of carbonyl (C=O) groups is 3. The lowest BCUT2D eigenvalue weighted by Crippen LogP contribution is -2.58. The number of amides is 2. The van der Waals surface area contributed by atoms with Gasteiger partial charge in [0.1, 0.15) is 12.1 Å². The van der Waals surface area contributed by atoms with Crippen molar-refractivity contribution in [2.24, 2.45) is 0 Å². The van der Waals surface area contributed by atoms with E-state index in [1.54, 1.807) is 9.80 Å². The van der Waals surface area contributed by atoms with Gasteiger partial charge in [-0.3, -0.25) is 9.69 Å². The summed E-state index contributed by atoms with van der Waals surface area (Å²) in [6.45, 7) is 5.67. The van der Waals surface area contributed by atoms with Gasteiger partial charge in [0.25, 0.3) is 0 Å².